The van der Waals surface area contributed by atoms with E-state index >= 15 is 0 Å². The fourth-order valence-corrected chi connectivity index (χ4v) is 2.61. The van der Waals surface area contributed by atoms with Gasteiger partial charge in [0.25, 0.3) is 0 Å². The van der Waals surface area contributed by atoms with Crippen LogP contribution >= 0.6 is 0 Å². The molecule has 1 saturated carbocycles. The Kier molecular flexibility index (Phi) is 3.71. The predicted octanol–water partition coefficient (Wildman–Crippen LogP) is 2.46. The van der Waals surface area contributed by atoms with Gasteiger partial charge in [-0.2, -0.15) is 0 Å². The van der Waals surface area contributed by atoms with Gasteiger partial charge in [-0.05, 0) is 38.2 Å². The molecule has 2 rings (SSSR count). The van der Waals surface area contributed by atoms with Gasteiger partial charge in [-0.3, -0.25) is 5.32 Å². The number of ether oxygens (including phenoxy) is 1. The van der Waals surface area contributed by atoms with Gasteiger partial charge in [-0.15, -0.1) is 0 Å². The van der Waals surface area contributed by atoms with Gasteiger partial charge >= 0.3 is 5.97 Å². The van der Waals surface area contributed by atoms with E-state index in [-0.39, 0.29) is 12.0 Å². The van der Waals surface area contributed by atoms with E-state index < -0.39 is 5.54 Å². The highest BCUT2D eigenvalue weighted by molar-refractivity contribution is 5.83. The molecule has 1 aromatic rings. The molecule has 3 nitrogen and oxygen atoms in total. The zero-order valence-electron chi connectivity index (χ0n) is 11.3. The van der Waals surface area contributed by atoms with Crippen LogP contribution in [-0.2, 0) is 15.1 Å². The molecule has 0 aromatic heterocycles. The SMILES string of the molecule is COC(=O)C(NC(C)C)(c1ccccc1)C1CC1. The minimum atomic E-state index is -0.676. The van der Waals surface area contributed by atoms with Gasteiger partial charge in [-0.25, -0.2) is 4.79 Å². The number of carbonyl (C=O) groups excluding carboxylic acids is 1. The summed E-state index contributed by atoms with van der Waals surface area (Å²) < 4.78 is 5.07. The summed E-state index contributed by atoms with van der Waals surface area (Å²) in [7, 11) is 1.46. The van der Waals surface area contributed by atoms with Gasteiger partial charge in [0.05, 0.1) is 7.11 Å². The number of nitrogens with one attached hydrogen (secondary N) is 1. The number of carbonyl (C=O) groups is 1. The van der Waals surface area contributed by atoms with Crippen LogP contribution in [0.1, 0.15) is 32.3 Å². The summed E-state index contributed by atoms with van der Waals surface area (Å²) in [5.41, 5.74) is 0.331. The van der Waals surface area contributed by atoms with E-state index in [4.69, 9.17) is 4.74 Å². The van der Waals surface area contributed by atoms with Crippen LogP contribution in [0.3, 0.4) is 0 Å². The normalized spacial score (nSPS) is 18.4. The predicted molar refractivity (Wildman–Crippen MR) is 71.1 cm³/mol. The molecule has 0 aliphatic heterocycles. The average molecular weight is 247 g/mol. The first kappa shape index (κ1) is 13.1. The van der Waals surface area contributed by atoms with E-state index in [9.17, 15) is 4.79 Å². The standard InChI is InChI=1S/C15H21NO2/c1-11(2)16-15(13-9-10-13,14(17)18-3)12-7-5-4-6-8-12/h4-8,11,13,16H,9-10H2,1-3H3. The second kappa shape index (κ2) is 5.11. The Labute approximate surface area is 109 Å². The van der Waals surface area contributed by atoms with Crippen LogP contribution in [-0.4, -0.2) is 19.1 Å². The van der Waals surface area contributed by atoms with Crippen LogP contribution in [0.15, 0.2) is 30.3 Å². The molecule has 0 amide bonds. The lowest BCUT2D eigenvalue weighted by molar-refractivity contribution is -0.150. The molecule has 1 fully saturated rings. The van der Waals surface area contributed by atoms with Crippen molar-refractivity contribution in [1.29, 1.82) is 0 Å². The van der Waals surface area contributed by atoms with E-state index in [1.54, 1.807) is 0 Å². The molecule has 1 N–H and O–H groups in total. The Balaban J connectivity index is 2.45. The molecule has 1 atom stereocenters. The molecule has 0 bridgehead atoms. The summed E-state index contributed by atoms with van der Waals surface area (Å²) in [5, 5.41) is 3.45. The van der Waals surface area contributed by atoms with Crippen molar-refractivity contribution < 1.29 is 9.53 Å². The summed E-state index contributed by atoms with van der Waals surface area (Å²) in [4.78, 5) is 12.4. The summed E-state index contributed by atoms with van der Waals surface area (Å²) in [6.07, 6.45) is 2.15. The monoisotopic (exact) mass is 247 g/mol. The molecular formula is C15H21NO2. The second-order valence-electron chi connectivity index (χ2n) is 5.24. The van der Waals surface area contributed by atoms with E-state index in [1.807, 2.05) is 30.3 Å². The van der Waals surface area contributed by atoms with Gasteiger partial charge < -0.3 is 4.74 Å². The zero-order valence-corrected chi connectivity index (χ0v) is 11.3. The Morgan fingerprint density at radius 3 is 2.39 bits per heavy atom. The highest BCUT2D eigenvalue weighted by atomic mass is 16.5. The number of benzene rings is 1. The third kappa shape index (κ3) is 2.27. The topological polar surface area (TPSA) is 38.3 Å². The second-order valence-corrected chi connectivity index (χ2v) is 5.24. The number of hydrogen-bond donors (Lipinski definition) is 1. The number of esters is 1. The number of rotatable bonds is 5. The Morgan fingerprint density at radius 1 is 1.33 bits per heavy atom. The smallest absolute Gasteiger partial charge is 0.331 e. The molecule has 98 valence electrons. The largest absolute Gasteiger partial charge is 0.467 e. The minimum Gasteiger partial charge on any atom is -0.467 e. The van der Waals surface area contributed by atoms with Crippen molar-refractivity contribution in [3.05, 3.63) is 35.9 Å². The zero-order chi connectivity index (χ0) is 13.2. The van der Waals surface area contributed by atoms with Gasteiger partial charge in [0.15, 0.2) is 0 Å². The van der Waals surface area contributed by atoms with Crippen LogP contribution in [0.4, 0.5) is 0 Å². The first-order valence-corrected chi connectivity index (χ1v) is 6.53. The highest BCUT2D eigenvalue weighted by Crippen LogP contribution is 2.46. The van der Waals surface area contributed by atoms with E-state index in [1.165, 1.54) is 7.11 Å². The van der Waals surface area contributed by atoms with Crippen molar-refractivity contribution in [2.45, 2.75) is 38.3 Å². The van der Waals surface area contributed by atoms with E-state index in [0.29, 0.717) is 5.92 Å². The summed E-state index contributed by atoms with van der Waals surface area (Å²) in [5.74, 6) is 0.166. The van der Waals surface area contributed by atoms with Crippen molar-refractivity contribution in [3.8, 4) is 0 Å². The fraction of sp³-hybridized carbons (Fsp3) is 0.533. The first-order chi connectivity index (χ1) is 8.61. The minimum absolute atomic E-state index is 0.176. The Bertz CT molecular complexity index is 412. The van der Waals surface area contributed by atoms with E-state index in [2.05, 4.69) is 19.2 Å². The molecule has 3 heteroatoms. The van der Waals surface area contributed by atoms with Crippen molar-refractivity contribution in [2.24, 2.45) is 5.92 Å². The molecule has 0 radical (unpaired) electrons. The van der Waals surface area contributed by atoms with Crippen LogP contribution in [0.2, 0.25) is 0 Å². The first-order valence-electron chi connectivity index (χ1n) is 6.53. The molecule has 1 unspecified atom stereocenters. The molecule has 1 aromatic carbocycles. The highest BCUT2D eigenvalue weighted by Gasteiger charge is 2.53. The van der Waals surface area contributed by atoms with Crippen LogP contribution in [0, 0.1) is 5.92 Å². The molecule has 0 saturated heterocycles. The summed E-state index contributed by atoms with van der Waals surface area (Å²) in [6.45, 7) is 4.12. The van der Waals surface area contributed by atoms with Gasteiger partial charge in [0.1, 0.15) is 5.54 Å². The number of methoxy groups -OCH3 is 1. The van der Waals surface area contributed by atoms with Crippen molar-refractivity contribution >= 4 is 5.97 Å². The molecule has 0 spiro atoms. The van der Waals surface area contributed by atoms with Crippen molar-refractivity contribution in [2.75, 3.05) is 7.11 Å². The fourth-order valence-electron chi connectivity index (χ4n) is 2.61. The summed E-state index contributed by atoms with van der Waals surface area (Å²) in [6, 6.07) is 10.1. The average Bonchev–Trinajstić information content (AvgIpc) is 3.20. The van der Waals surface area contributed by atoms with Crippen molar-refractivity contribution in [1.82, 2.24) is 5.32 Å². The maximum atomic E-state index is 12.4. The maximum Gasteiger partial charge on any atom is 0.331 e. The van der Waals surface area contributed by atoms with Gasteiger partial charge in [0, 0.05) is 6.04 Å². The summed E-state index contributed by atoms with van der Waals surface area (Å²) >= 11 is 0. The van der Waals surface area contributed by atoms with Crippen LogP contribution < -0.4 is 5.32 Å². The lowest BCUT2D eigenvalue weighted by Crippen LogP contribution is -2.54. The quantitative estimate of drug-likeness (QED) is 0.812. The molecule has 1 aliphatic carbocycles. The maximum absolute atomic E-state index is 12.4. The molecule has 1 aliphatic rings. The van der Waals surface area contributed by atoms with Crippen LogP contribution in [0.5, 0.6) is 0 Å². The Morgan fingerprint density at radius 2 is 1.94 bits per heavy atom. The third-order valence-corrected chi connectivity index (χ3v) is 3.44. The lowest BCUT2D eigenvalue weighted by atomic mass is 9.84. The molecule has 18 heavy (non-hydrogen) atoms. The lowest BCUT2D eigenvalue weighted by Gasteiger charge is -2.34. The molecular weight excluding hydrogens is 226 g/mol. The third-order valence-electron chi connectivity index (χ3n) is 3.44. The van der Waals surface area contributed by atoms with Crippen LogP contribution in [0.25, 0.3) is 0 Å². The molecule has 0 heterocycles. The van der Waals surface area contributed by atoms with Gasteiger partial charge in [-0.1, -0.05) is 30.3 Å². The Hall–Kier alpha value is -1.35. The van der Waals surface area contributed by atoms with Crippen molar-refractivity contribution in [3.63, 3.8) is 0 Å². The number of hydrogen-bond acceptors (Lipinski definition) is 3. The van der Waals surface area contributed by atoms with E-state index in [0.717, 1.165) is 18.4 Å². The van der Waals surface area contributed by atoms with Gasteiger partial charge in [0.2, 0.25) is 0 Å².